The topological polar surface area (TPSA) is 85.4 Å². The van der Waals surface area contributed by atoms with E-state index < -0.39 is 47.9 Å². The minimum absolute atomic E-state index is 0.0292. The van der Waals surface area contributed by atoms with Crippen molar-refractivity contribution in [1.29, 1.82) is 0 Å². The van der Waals surface area contributed by atoms with Gasteiger partial charge in [-0.15, -0.1) is 5.54 Å². The van der Waals surface area contributed by atoms with Crippen molar-refractivity contribution < 1.29 is 27.4 Å². The predicted molar refractivity (Wildman–Crippen MR) is 186 cm³/mol. The van der Waals surface area contributed by atoms with Gasteiger partial charge in [0.1, 0.15) is 19.4 Å². The molecule has 0 bridgehead atoms. The van der Waals surface area contributed by atoms with Crippen LogP contribution < -0.4 is 4.74 Å². The van der Waals surface area contributed by atoms with Crippen molar-refractivity contribution >= 4 is 24.2 Å². The molecule has 8 nitrogen and oxygen atoms in total. The van der Waals surface area contributed by atoms with Gasteiger partial charge in [-0.3, -0.25) is 4.90 Å². The number of carbonyl (C=O) groups is 1. The Morgan fingerprint density at radius 3 is 2.17 bits per heavy atom. The third kappa shape index (κ3) is 10.1. The van der Waals surface area contributed by atoms with Crippen LogP contribution in [0.5, 0.6) is 5.75 Å². The molecular formula is C36H52N2O6SSi. The Kier molecular flexibility index (Phi) is 11.7. The third-order valence-electron chi connectivity index (χ3n) is 8.56. The van der Waals surface area contributed by atoms with Crippen LogP contribution in [0.1, 0.15) is 69.9 Å². The first-order valence-electron chi connectivity index (χ1n) is 16.3. The molecule has 1 amide bonds. The van der Waals surface area contributed by atoms with E-state index in [1.807, 2.05) is 51.1 Å². The summed E-state index contributed by atoms with van der Waals surface area (Å²) in [6.45, 7) is 12.3. The number of likely N-dealkylation sites (tertiary alicyclic amines) is 1. The van der Waals surface area contributed by atoms with Gasteiger partial charge in [-0.2, -0.15) is 4.31 Å². The number of ether oxygens (including phenoxy) is 3. The van der Waals surface area contributed by atoms with Gasteiger partial charge >= 0.3 is 6.09 Å². The van der Waals surface area contributed by atoms with Crippen molar-refractivity contribution in [2.45, 2.75) is 115 Å². The zero-order chi connectivity index (χ0) is 33.7. The van der Waals surface area contributed by atoms with E-state index >= 15 is 0 Å². The van der Waals surface area contributed by atoms with Crippen LogP contribution in [0.2, 0.25) is 19.6 Å². The van der Waals surface area contributed by atoms with Crippen LogP contribution in [0, 0.1) is 11.5 Å². The molecule has 3 atom stereocenters. The summed E-state index contributed by atoms with van der Waals surface area (Å²) >= 11 is 0. The minimum atomic E-state index is -3.70. The Balaban J connectivity index is 1.65. The molecule has 3 unspecified atom stereocenters. The summed E-state index contributed by atoms with van der Waals surface area (Å²) in [5, 5.41) is 0. The van der Waals surface area contributed by atoms with Crippen molar-refractivity contribution in [2.75, 3.05) is 20.0 Å². The summed E-state index contributed by atoms with van der Waals surface area (Å²) in [5.74, 6) is 4.59. The van der Waals surface area contributed by atoms with Gasteiger partial charge in [-0.05, 0) is 82.1 Å². The van der Waals surface area contributed by atoms with Gasteiger partial charge in [0, 0.05) is 6.54 Å². The van der Waals surface area contributed by atoms with Crippen molar-refractivity contribution in [3.8, 4) is 17.2 Å². The Hall–Kier alpha value is -2.84. The standard InChI is InChI=1S/C36H52N2O6SSi/c1-36(2,3)44-35(39)38-30(22-23-46(6,7)8)24-33(37(45(5,40)41)25-27-14-18-31(42-4)19-15-27)34(38)26-43-32-20-16-29(17-21-32)28-12-10-9-11-13-28/h9-15,18-19,29-30,32-34H,16-17,20-21,24-26H2,1-8H3. The van der Waals surface area contributed by atoms with Crippen LogP contribution in [0.15, 0.2) is 54.6 Å². The number of carbonyl (C=O) groups excluding carboxylic acids is 1. The lowest BCUT2D eigenvalue weighted by Gasteiger charge is -2.36. The summed E-state index contributed by atoms with van der Waals surface area (Å²) in [4.78, 5) is 15.6. The molecule has 10 heteroatoms. The molecule has 2 aromatic rings. The van der Waals surface area contributed by atoms with Crippen molar-refractivity contribution in [2.24, 2.45) is 0 Å². The maximum Gasteiger partial charge on any atom is 0.411 e. The SMILES string of the molecule is COc1ccc(CN(C2CC(C#C[Si](C)(C)C)N(C(=O)OC(C)(C)C)C2COC2CCC(c3ccccc3)CC2)S(C)(=O)=O)cc1. The summed E-state index contributed by atoms with van der Waals surface area (Å²) in [7, 11) is -3.91. The molecule has 4 rings (SSSR count). The molecule has 0 N–H and O–H groups in total. The zero-order valence-corrected chi connectivity index (χ0v) is 30.6. The van der Waals surface area contributed by atoms with Crippen molar-refractivity contribution in [1.82, 2.24) is 9.21 Å². The average Bonchev–Trinajstić information content (AvgIpc) is 3.35. The van der Waals surface area contributed by atoms with Gasteiger partial charge in [0.05, 0.1) is 44.2 Å². The molecule has 1 aliphatic carbocycles. The molecule has 2 aliphatic rings. The van der Waals surface area contributed by atoms with E-state index in [1.54, 1.807) is 12.0 Å². The lowest BCUT2D eigenvalue weighted by molar-refractivity contribution is -0.0261. The Bertz CT molecular complexity index is 1470. The van der Waals surface area contributed by atoms with E-state index in [2.05, 4.69) is 55.4 Å². The Labute approximate surface area is 277 Å². The summed E-state index contributed by atoms with van der Waals surface area (Å²) < 4.78 is 46.3. The van der Waals surface area contributed by atoms with Gasteiger partial charge in [-0.1, -0.05) is 68.0 Å². The van der Waals surface area contributed by atoms with E-state index in [4.69, 9.17) is 14.2 Å². The molecule has 46 heavy (non-hydrogen) atoms. The highest BCUT2D eigenvalue weighted by Crippen LogP contribution is 2.37. The fourth-order valence-electron chi connectivity index (χ4n) is 6.34. The highest BCUT2D eigenvalue weighted by Gasteiger charge is 2.49. The Morgan fingerprint density at radius 1 is 1.00 bits per heavy atom. The average molecular weight is 669 g/mol. The number of methoxy groups -OCH3 is 1. The van der Waals surface area contributed by atoms with Crippen molar-refractivity contribution in [3.05, 3.63) is 65.7 Å². The molecule has 252 valence electrons. The van der Waals surface area contributed by atoms with Gasteiger partial charge in [0.2, 0.25) is 10.0 Å². The van der Waals surface area contributed by atoms with Gasteiger partial charge in [0.25, 0.3) is 0 Å². The van der Waals surface area contributed by atoms with Gasteiger partial charge in [-0.25, -0.2) is 13.2 Å². The molecule has 1 saturated carbocycles. The van der Waals surface area contributed by atoms with E-state index in [0.29, 0.717) is 18.1 Å². The van der Waals surface area contributed by atoms with Crippen LogP contribution in [0.4, 0.5) is 4.79 Å². The second-order valence-electron chi connectivity index (χ2n) is 14.7. The molecule has 0 radical (unpaired) electrons. The first-order valence-corrected chi connectivity index (χ1v) is 21.7. The molecule has 1 heterocycles. The number of amides is 1. The smallest absolute Gasteiger partial charge is 0.411 e. The van der Waals surface area contributed by atoms with Crippen LogP contribution in [0.3, 0.4) is 0 Å². The molecule has 2 fully saturated rings. The first-order chi connectivity index (χ1) is 21.5. The second kappa shape index (κ2) is 14.9. The van der Waals surface area contributed by atoms with E-state index in [9.17, 15) is 13.2 Å². The van der Waals surface area contributed by atoms with Gasteiger partial charge < -0.3 is 14.2 Å². The second-order valence-corrected chi connectivity index (χ2v) is 21.4. The molecule has 1 aliphatic heterocycles. The van der Waals surface area contributed by atoms with E-state index in [0.717, 1.165) is 31.2 Å². The third-order valence-corrected chi connectivity index (χ3v) is 10.7. The summed E-state index contributed by atoms with van der Waals surface area (Å²) in [6, 6.07) is 16.4. The van der Waals surface area contributed by atoms with Crippen LogP contribution in [-0.2, 0) is 26.0 Å². The number of hydrogen-bond acceptors (Lipinski definition) is 6. The molecule has 0 spiro atoms. The van der Waals surface area contributed by atoms with Crippen LogP contribution >= 0.6 is 0 Å². The number of sulfonamides is 1. The Morgan fingerprint density at radius 2 is 1.63 bits per heavy atom. The first kappa shape index (κ1) is 36.0. The largest absolute Gasteiger partial charge is 0.497 e. The van der Waals surface area contributed by atoms with Gasteiger partial charge in [0.15, 0.2) is 0 Å². The highest BCUT2D eigenvalue weighted by molar-refractivity contribution is 7.88. The molecular weight excluding hydrogens is 617 g/mol. The maximum atomic E-state index is 13.9. The van der Waals surface area contributed by atoms with E-state index in [1.165, 1.54) is 16.1 Å². The normalized spacial score (nSPS) is 23.9. The number of hydrogen-bond donors (Lipinski definition) is 0. The number of rotatable bonds is 9. The summed E-state index contributed by atoms with van der Waals surface area (Å²) in [5.41, 5.74) is 4.89. The van der Waals surface area contributed by atoms with Crippen LogP contribution in [0.25, 0.3) is 0 Å². The number of nitrogens with zero attached hydrogens (tertiary/aromatic N) is 2. The number of benzene rings is 2. The predicted octanol–water partition coefficient (Wildman–Crippen LogP) is 6.83. The zero-order valence-electron chi connectivity index (χ0n) is 28.8. The lowest BCUT2D eigenvalue weighted by atomic mass is 9.83. The quantitative estimate of drug-likeness (QED) is 0.215. The van der Waals surface area contributed by atoms with Crippen molar-refractivity contribution in [3.63, 3.8) is 0 Å². The molecule has 1 saturated heterocycles. The minimum Gasteiger partial charge on any atom is -0.497 e. The van der Waals surface area contributed by atoms with E-state index in [-0.39, 0.29) is 19.3 Å². The molecule has 0 aromatic heterocycles. The molecule has 2 aromatic carbocycles. The summed E-state index contributed by atoms with van der Waals surface area (Å²) in [6.07, 6.45) is 5.00. The maximum absolute atomic E-state index is 13.9. The monoisotopic (exact) mass is 668 g/mol. The highest BCUT2D eigenvalue weighted by atomic mass is 32.2. The fourth-order valence-corrected chi connectivity index (χ4v) is 8.04. The fraction of sp³-hybridized carbons (Fsp3) is 0.583. The van der Waals surface area contributed by atoms with Crippen LogP contribution in [-0.4, -0.2) is 81.6 Å². The lowest BCUT2D eigenvalue weighted by Crippen LogP contribution is -2.52.